The molecule has 6 unspecified atom stereocenters. The number of rotatable bonds is 17. The third kappa shape index (κ3) is 9.42. The van der Waals surface area contributed by atoms with Crippen molar-refractivity contribution in [3.63, 3.8) is 0 Å². The van der Waals surface area contributed by atoms with Crippen LogP contribution in [0.25, 0.3) is 0 Å². The quantitative estimate of drug-likeness (QED) is 0.105. The lowest BCUT2D eigenvalue weighted by Crippen LogP contribution is -2.23. The molecule has 0 amide bonds. The molecular formula is C30H38O12. The molecule has 0 spiro atoms. The highest BCUT2D eigenvalue weighted by molar-refractivity contribution is 5.78. The predicted molar refractivity (Wildman–Crippen MR) is 142 cm³/mol. The van der Waals surface area contributed by atoms with Crippen molar-refractivity contribution in [3.05, 3.63) is 24.3 Å². The van der Waals surface area contributed by atoms with E-state index in [1.54, 1.807) is 0 Å². The van der Waals surface area contributed by atoms with Crippen LogP contribution in [0.1, 0.15) is 51.4 Å². The summed E-state index contributed by atoms with van der Waals surface area (Å²) in [6.07, 6.45) is 11.1. The minimum absolute atomic E-state index is 0.0373. The van der Waals surface area contributed by atoms with Gasteiger partial charge in [-0.3, -0.25) is 28.8 Å². The van der Waals surface area contributed by atoms with Crippen molar-refractivity contribution in [3.8, 4) is 0 Å². The van der Waals surface area contributed by atoms with Crippen molar-refractivity contribution in [1.29, 1.82) is 0 Å². The van der Waals surface area contributed by atoms with E-state index in [4.69, 9.17) is 28.4 Å². The van der Waals surface area contributed by atoms with Gasteiger partial charge in [-0.05, 0) is 49.4 Å². The average molecular weight is 591 g/mol. The third-order valence-corrected chi connectivity index (χ3v) is 8.02. The normalized spacial score (nSPS) is 26.1. The molecule has 2 fully saturated rings. The Kier molecular flexibility index (Phi) is 11.5. The van der Waals surface area contributed by atoms with Gasteiger partial charge in [-0.1, -0.05) is 24.3 Å². The maximum Gasteiger partial charge on any atom is 0.309 e. The lowest BCUT2D eigenvalue weighted by atomic mass is 9.94. The zero-order valence-corrected chi connectivity index (χ0v) is 23.6. The minimum Gasteiger partial charge on any atom is -0.462 e. The number of ether oxygens (including phenoxy) is 6. The summed E-state index contributed by atoms with van der Waals surface area (Å²) >= 11 is 0. The number of fused-ring (bicyclic) bond motifs is 4. The molecule has 230 valence electrons. The second-order valence-corrected chi connectivity index (χ2v) is 11.0. The van der Waals surface area contributed by atoms with Gasteiger partial charge in [-0.15, -0.1) is 0 Å². The van der Waals surface area contributed by atoms with E-state index >= 15 is 0 Å². The van der Waals surface area contributed by atoms with Gasteiger partial charge in [0.2, 0.25) is 0 Å². The van der Waals surface area contributed by atoms with Crippen molar-refractivity contribution >= 4 is 35.8 Å². The van der Waals surface area contributed by atoms with Crippen LogP contribution in [0.15, 0.2) is 24.3 Å². The Morgan fingerprint density at radius 2 is 0.738 bits per heavy atom. The van der Waals surface area contributed by atoms with Gasteiger partial charge in [0.15, 0.2) is 0 Å². The SMILES string of the molecule is O=C(CCC(=O)OCCOC(=O)C1CC2C=CC1C2)OCCOC(=O)CCC(=O)OCCOC(=O)C1CC2C=CC1C2. The first-order valence-electron chi connectivity index (χ1n) is 14.6. The predicted octanol–water partition coefficient (Wildman–Crippen LogP) is 2.23. The fourth-order valence-electron chi connectivity index (χ4n) is 5.92. The summed E-state index contributed by atoms with van der Waals surface area (Å²) in [4.78, 5) is 71.3. The van der Waals surface area contributed by atoms with Crippen LogP contribution in [0.2, 0.25) is 0 Å². The van der Waals surface area contributed by atoms with Crippen LogP contribution in [0.3, 0.4) is 0 Å². The summed E-state index contributed by atoms with van der Waals surface area (Å²) in [5.74, 6) is -1.97. The summed E-state index contributed by atoms with van der Waals surface area (Å²) < 4.78 is 30.2. The number of hydrogen-bond acceptors (Lipinski definition) is 12. The Morgan fingerprint density at radius 3 is 1.00 bits per heavy atom. The van der Waals surface area contributed by atoms with Crippen LogP contribution in [0.4, 0.5) is 0 Å². The Hall–Kier alpha value is -3.70. The van der Waals surface area contributed by atoms with Crippen LogP contribution in [-0.4, -0.2) is 75.5 Å². The van der Waals surface area contributed by atoms with Crippen molar-refractivity contribution in [1.82, 2.24) is 0 Å². The van der Waals surface area contributed by atoms with E-state index in [0.29, 0.717) is 11.8 Å². The Morgan fingerprint density at radius 1 is 0.429 bits per heavy atom. The number of allylic oxidation sites excluding steroid dienone is 4. The zero-order valence-electron chi connectivity index (χ0n) is 23.6. The van der Waals surface area contributed by atoms with Crippen LogP contribution in [0.5, 0.6) is 0 Å². The van der Waals surface area contributed by atoms with Crippen LogP contribution in [0, 0.1) is 35.5 Å². The molecule has 0 aromatic carbocycles. The van der Waals surface area contributed by atoms with Crippen molar-refractivity contribution in [2.75, 3.05) is 39.6 Å². The summed E-state index contributed by atoms with van der Waals surface area (Å²) in [6.45, 7) is -0.669. The summed E-state index contributed by atoms with van der Waals surface area (Å²) in [5, 5.41) is 0. The van der Waals surface area contributed by atoms with Gasteiger partial charge in [0.25, 0.3) is 0 Å². The Labute approximate surface area is 244 Å². The lowest BCUT2D eigenvalue weighted by Gasteiger charge is -2.16. The van der Waals surface area contributed by atoms with Crippen LogP contribution in [-0.2, 0) is 57.2 Å². The lowest BCUT2D eigenvalue weighted by molar-refractivity contribution is -0.158. The molecule has 0 radical (unpaired) electrons. The number of carbonyl (C=O) groups is 6. The molecule has 6 atom stereocenters. The van der Waals surface area contributed by atoms with Crippen molar-refractivity contribution in [2.24, 2.45) is 35.5 Å². The molecule has 0 aromatic rings. The van der Waals surface area contributed by atoms with Crippen LogP contribution >= 0.6 is 0 Å². The fourth-order valence-corrected chi connectivity index (χ4v) is 5.92. The van der Waals surface area contributed by atoms with Gasteiger partial charge in [0.1, 0.15) is 39.6 Å². The maximum atomic E-state index is 12.1. The monoisotopic (exact) mass is 590 g/mol. The molecule has 0 aromatic heterocycles. The number of esters is 6. The average Bonchev–Trinajstić information content (AvgIpc) is 3.80. The highest BCUT2D eigenvalue weighted by atomic mass is 16.6. The standard InChI is InChI=1S/C30H38O12/c31-25(5-7-27(33)39-11-13-41-29(35)23-17-19-1-3-21(23)15-19)37-9-10-38-26(32)6-8-28(34)40-12-14-42-30(36)24-18-20-2-4-22(24)16-20/h1-4,19-24H,5-18H2. The van der Waals surface area contributed by atoms with Gasteiger partial charge < -0.3 is 28.4 Å². The largest absolute Gasteiger partial charge is 0.462 e. The van der Waals surface area contributed by atoms with Gasteiger partial charge in [0, 0.05) is 0 Å². The molecule has 4 rings (SSSR count). The number of hydrogen-bond donors (Lipinski definition) is 0. The zero-order chi connectivity index (χ0) is 29.9. The molecule has 12 heteroatoms. The molecule has 4 bridgehead atoms. The van der Waals surface area contributed by atoms with Crippen molar-refractivity contribution < 1.29 is 57.2 Å². The first kappa shape index (κ1) is 31.2. The first-order valence-corrected chi connectivity index (χ1v) is 14.6. The molecule has 0 saturated heterocycles. The fraction of sp³-hybridized carbons (Fsp3) is 0.667. The van der Waals surface area contributed by atoms with E-state index in [0.717, 1.165) is 25.7 Å². The van der Waals surface area contributed by atoms with E-state index in [9.17, 15) is 28.8 Å². The highest BCUT2D eigenvalue weighted by Gasteiger charge is 2.41. The molecule has 0 aliphatic heterocycles. The second kappa shape index (κ2) is 15.5. The van der Waals surface area contributed by atoms with E-state index in [2.05, 4.69) is 24.3 Å². The van der Waals surface area contributed by atoms with Crippen molar-refractivity contribution in [2.45, 2.75) is 51.4 Å². The Bertz CT molecular complexity index is 994. The molecular weight excluding hydrogens is 552 g/mol. The van der Waals surface area contributed by atoms with Gasteiger partial charge in [0.05, 0.1) is 37.5 Å². The molecule has 12 nitrogen and oxygen atoms in total. The van der Waals surface area contributed by atoms with E-state index < -0.39 is 23.9 Å². The molecule has 4 aliphatic rings. The topological polar surface area (TPSA) is 158 Å². The second-order valence-electron chi connectivity index (χ2n) is 11.0. The van der Waals surface area contributed by atoms with Gasteiger partial charge >= 0.3 is 35.8 Å². The molecule has 0 heterocycles. The van der Waals surface area contributed by atoms with Gasteiger partial charge in [-0.25, -0.2) is 0 Å². The summed E-state index contributed by atoms with van der Waals surface area (Å²) in [6, 6.07) is 0. The highest BCUT2D eigenvalue weighted by Crippen LogP contribution is 2.44. The number of carbonyl (C=O) groups excluding carboxylic acids is 6. The third-order valence-electron chi connectivity index (χ3n) is 8.02. The summed E-state index contributed by atoms with van der Waals surface area (Å²) in [7, 11) is 0. The minimum atomic E-state index is -0.667. The molecule has 0 N–H and O–H groups in total. The molecule has 42 heavy (non-hydrogen) atoms. The van der Waals surface area contributed by atoms with E-state index in [1.807, 2.05) is 0 Å². The molecule has 2 saturated carbocycles. The molecule has 4 aliphatic carbocycles. The summed E-state index contributed by atoms with van der Waals surface area (Å²) in [5.41, 5.74) is 0. The first-order chi connectivity index (χ1) is 20.3. The van der Waals surface area contributed by atoms with Crippen LogP contribution < -0.4 is 0 Å². The van der Waals surface area contributed by atoms with E-state index in [1.165, 1.54) is 0 Å². The maximum absolute atomic E-state index is 12.1. The Balaban J connectivity index is 0.920. The van der Waals surface area contributed by atoms with E-state index in [-0.39, 0.29) is 101 Å². The smallest absolute Gasteiger partial charge is 0.309 e. The van der Waals surface area contributed by atoms with Gasteiger partial charge in [-0.2, -0.15) is 0 Å².